The number of hydrogen-bond donors (Lipinski definition) is 2. The van der Waals surface area contributed by atoms with Crippen molar-refractivity contribution < 1.29 is 19.1 Å². The van der Waals surface area contributed by atoms with E-state index in [0.717, 1.165) is 5.56 Å². The second-order valence-electron chi connectivity index (χ2n) is 5.07. The first-order chi connectivity index (χ1) is 12.5. The number of likely N-dealkylation sites (N-methyl/N-ethyl adjacent to an activating group) is 1. The Labute approximate surface area is 155 Å². The van der Waals surface area contributed by atoms with Gasteiger partial charge in [0.2, 0.25) is 0 Å². The molecule has 0 aliphatic heterocycles. The fourth-order valence-corrected chi connectivity index (χ4v) is 2.17. The van der Waals surface area contributed by atoms with E-state index in [2.05, 4.69) is 15.8 Å². The third-order valence-electron chi connectivity index (χ3n) is 3.34. The predicted octanol–water partition coefficient (Wildman–Crippen LogP) is 2.12. The molecule has 0 radical (unpaired) electrons. The second-order valence-corrected chi connectivity index (χ2v) is 5.48. The maximum atomic E-state index is 11.3. The Kier molecular flexibility index (Phi) is 6.99. The van der Waals surface area contributed by atoms with Crippen LogP contribution in [0.4, 0.5) is 0 Å². The molecule has 0 heterocycles. The van der Waals surface area contributed by atoms with Gasteiger partial charge in [-0.1, -0.05) is 29.8 Å². The normalized spacial score (nSPS) is 10.4. The topological polar surface area (TPSA) is 89.0 Å². The molecule has 7 nitrogen and oxygen atoms in total. The van der Waals surface area contributed by atoms with Gasteiger partial charge in [-0.15, -0.1) is 0 Å². The van der Waals surface area contributed by atoms with Crippen molar-refractivity contribution in [2.45, 2.75) is 6.61 Å². The Hall–Kier alpha value is -3.06. The Balaban J connectivity index is 2.03. The van der Waals surface area contributed by atoms with Gasteiger partial charge >= 0.3 is 11.8 Å². The molecule has 0 aliphatic carbocycles. The highest BCUT2D eigenvalue weighted by Crippen LogP contribution is 2.29. The van der Waals surface area contributed by atoms with E-state index in [4.69, 9.17) is 21.1 Å². The molecule has 2 amide bonds. The first-order valence-electron chi connectivity index (χ1n) is 7.64. The van der Waals surface area contributed by atoms with Gasteiger partial charge in [-0.05, 0) is 29.8 Å². The molecule has 2 aromatic rings. The first kappa shape index (κ1) is 19.3. The largest absolute Gasteiger partial charge is 0.493 e. The molecule has 0 atom stereocenters. The monoisotopic (exact) mass is 375 g/mol. The van der Waals surface area contributed by atoms with Gasteiger partial charge in [0.1, 0.15) is 6.61 Å². The van der Waals surface area contributed by atoms with E-state index in [9.17, 15) is 9.59 Å². The summed E-state index contributed by atoms with van der Waals surface area (Å²) in [6.07, 6.45) is 1.39. The summed E-state index contributed by atoms with van der Waals surface area (Å²) in [6, 6.07) is 12.6. The lowest BCUT2D eigenvalue weighted by atomic mass is 10.2. The molecular weight excluding hydrogens is 358 g/mol. The summed E-state index contributed by atoms with van der Waals surface area (Å²) in [5, 5.41) is 6.55. The van der Waals surface area contributed by atoms with Crippen molar-refractivity contribution in [1.82, 2.24) is 10.7 Å². The van der Waals surface area contributed by atoms with Crippen LogP contribution in [-0.2, 0) is 16.2 Å². The summed E-state index contributed by atoms with van der Waals surface area (Å²) in [7, 11) is 2.88. The molecule has 2 rings (SSSR count). The van der Waals surface area contributed by atoms with Crippen molar-refractivity contribution in [3.05, 3.63) is 58.6 Å². The standard InChI is InChI=1S/C18H18ClN3O4/c1-20-17(23)18(24)22-21-10-12-7-8-15(16(9-12)25-2)26-11-13-5-3-4-6-14(13)19/h3-10H,11H2,1-2H3,(H,20,23)(H,22,24)/b21-10-. The second kappa shape index (κ2) is 9.43. The minimum Gasteiger partial charge on any atom is -0.493 e. The maximum Gasteiger partial charge on any atom is 0.329 e. The summed E-state index contributed by atoms with van der Waals surface area (Å²) in [4.78, 5) is 22.4. The lowest BCUT2D eigenvalue weighted by molar-refractivity contribution is -0.138. The molecule has 0 bridgehead atoms. The number of hydrazone groups is 1. The molecule has 0 fully saturated rings. The van der Waals surface area contributed by atoms with Gasteiger partial charge in [0.05, 0.1) is 13.3 Å². The Morgan fingerprint density at radius 3 is 2.62 bits per heavy atom. The number of amides is 2. The van der Waals surface area contributed by atoms with E-state index < -0.39 is 11.8 Å². The van der Waals surface area contributed by atoms with E-state index in [1.807, 2.05) is 18.2 Å². The van der Waals surface area contributed by atoms with E-state index in [0.29, 0.717) is 28.7 Å². The molecule has 0 spiro atoms. The zero-order chi connectivity index (χ0) is 18.9. The Morgan fingerprint density at radius 2 is 1.92 bits per heavy atom. The fourth-order valence-electron chi connectivity index (χ4n) is 1.98. The highest BCUT2D eigenvalue weighted by atomic mass is 35.5. The van der Waals surface area contributed by atoms with Gasteiger partial charge in [0, 0.05) is 17.6 Å². The highest BCUT2D eigenvalue weighted by Gasteiger charge is 2.09. The molecule has 0 unspecified atom stereocenters. The van der Waals surface area contributed by atoms with E-state index in [1.54, 1.807) is 24.3 Å². The number of nitrogens with one attached hydrogen (secondary N) is 2. The Morgan fingerprint density at radius 1 is 1.15 bits per heavy atom. The number of ether oxygens (including phenoxy) is 2. The third-order valence-corrected chi connectivity index (χ3v) is 3.71. The van der Waals surface area contributed by atoms with Crippen molar-refractivity contribution in [3.63, 3.8) is 0 Å². The SMILES string of the molecule is CNC(=O)C(=O)N/N=C\c1ccc(OCc2ccccc2Cl)c(OC)c1. The molecule has 0 saturated carbocycles. The number of hydrogen-bond acceptors (Lipinski definition) is 5. The number of benzene rings is 2. The molecule has 2 aromatic carbocycles. The van der Waals surface area contributed by atoms with Crippen LogP contribution in [0.3, 0.4) is 0 Å². The van der Waals surface area contributed by atoms with Crippen LogP contribution >= 0.6 is 11.6 Å². The summed E-state index contributed by atoms with van der Waals surface area (Å²) in [5.41, 5.74) is 3.64. The highest BCUT2D eigenvalue weighted by molar-refractivity contribution is 6.35. The average molecular weight is 376 g/mol. The van der Waals surface area contributed by atoms with Crippen molar-refractivity contribution in [2.24, 2.45) is 5.10 Å². The van der Waals surface area contributed by atoms with Gasteiger partial charge in [-0.2, -0.15) is 5.10 Å². The smallest absolute Gasteiger partial charge is 0.329 e. The number of rotatable bonds is 6. The molecule has 8 heteroatoms. The minimum absolute atomic E-state index is 0.297. The number of carbonyl (C=O) groups is 2. The molecule has 0 aromatic heterocycles. The van der Waals surface area contributed by atoms with Crippen LogP contribution in [0.25, 0.3) is 0 Å². The van der Waals surface area contributed by atoms with E-state index >= 15 is 0 Å². The van der Waals surface area contributed by atoms with Crippen LogP contribution in [-0.4, -0.2) is 32.2 Å². The van der Waals surface area contributed by atoms with Gasteiger partial charge in [-0.25, -0.2) is 5.43 Å². The van der Waals surface area contributed by atoms with Gasteiger partial charge in [-0.3, -0.25) is 9.59 Å². The fraction of sp³-hybridized carbons (Fsp3) is 0.167. The zero-order valence-corrected chi connectivity index (χ0v) is 15.0. The number of methoxy groups -OCH3 is 1. The van der Waals surface area contributed by atoms with Crippen molar-refractivity contribution in [3.8, 4) is 11.5 Å². The molecule has 2 N–H and O–H groups in total. The minimum atomic E-state index is -0.851. The van der Waals surface area contributed by atoms with E-state index in [-0.39, 0.29) is 0 Å². The zero-order valence-electron chi connectivity index (χ0n) is 14.3. The van der Waals surface area contributed by atoms with Gasteiger partial charge in [0.15, 0.2) is 11.5 Å². The van der Waals surface area contributed by atoms with Crippen LogP contribution in [0.2, 0.25) is 5.02 Å². The lowest BCUT2D eigenvalue weighted by Crippen LogP contribution is -2.35. The van der Waals surface area contributed by atoms with Crippen LogP contribution in [0, 0.1) is 0 Å². The molecule has 0 aliphatic rings. The molecule has 0 saturated heterocycles. The third kappa shape index (κ3) is 5.22. The van der Waals surface area contributed by atoms with Crippen molar-refractivity contribution >= 4 is 29.6 Å². The molecule has 26 heavy (non-hydrogen) atoms. The maximum absolute atomic E-state index is 11.3. The summed E-state index contributed by atoms with van der Waals surface area (Å²) in [6.45, 7) is 0.297. The van der Waals surface area contributed by atoms with Crippen molar-refractivity contribution in [2.75, 3.05) is 14.2 Å². The average Bonchev–Trinajstić information content (AvgIpc) is 2.67. The van der Waals surface area contributed by atoms with Gasteiger partial charge < -0.3 is 14.8 Å². The number of nitrogens with zero attached hydrogens (tertiary/aromatic N) is 1. The van der Waals surface area contributed by atoms with Crippen LogP contribution in [0.15, 0.2) is 47.6 Å². The Bertz CT molecular complexity index is 824. The molecular formula is C18H18ClN3O4. The summed E-state index contributed by atoms with van der Waals surface area (Å²) >= 11 is 6.11. The number of halogens is 1. The van der Waals surface area contributed by atoms with Gasteiger partial charge in [0.25, 0.3) is 0 Å². The summed E-state index contributed by atoms with van der Waals surface area (Å²) < 4.78 is 11.1. The quantitative estimate of drug-likeness (QED) is 0.460. The predicted molar refractivity (Wildman–Crippen MR) is 98.6 cm³/mol. The van der Waals surface area contributed by atoms with Crippen LogP contribution in [0.5, 0.6) is 11.5 Å². The summed E-state index contributed by atoms with van der Waals surface area (Å²) in [5.74, 6) is -0.587. The molecule has 136 valence electrons. The number of carbonyl (C=O) groups excluding carboxylic acids is 2. The first-order valence-corrected chi connectivity index (χ1v) is 8.02. The van der Waals surface area contributed by atoms with E-state index in [1.165, 1.54) is 20.4 Å². The van der Waals surface area contributed by atoms with Crippen LogP contribution in [0.1, 0.15) is 11.1 Å². The van der Waals surface area contributed by atoms with Crippen molar-refractivity contribution in [1.29, 1.82) is 0 Å². The van der Waals surface area contributed by atoms with Crippen LogP contribution < -0.4 is 20.2 Å². The lowest BCUT2D eigenvalue weighted by Gasteiger charge is -2.12.